The molecule has 4 aromatic rings. The van der Waals surface area contributed by atoms with Crippen molar-refractivity contribution in [2.45, 2.75) is 33.6 Å². The molecule has 0 spiro atoms. The van der Waals surface area contributed by atoms with Crippen molar-refractivity contribution in [3.05, 3.63) is 74.3 Å². The summed E-state index contributed by atoms with van der Waals surface area (Å²) in [5.41, 5.74) is 4.42. The molecule has 2 aromatic heterocycles. The van der Waals surface area contributed by atoms with Crippen LogP contribution in [0.25, 0.3) is 21.9 Å². The fourth-order valence-electron chi connectivity index (χ4n) is 4.79. The van der Waals surface area contributed by atoms with Crippen molar-refractivity contribution in [2.75, 3.05) is 31.1 Å². The zero-order valence-corrected chi connectivity index (χ0v) is 20.4. The van der Waals surface area contributed by atoms with Crippen LogP contribution in [0, 0.1) is 20.8 Å². The summed E-state index contributed by atoms with van der Waals surface area (Å²) in [5, 5.41) is 2.61. The molecule has 1 aliphatic heterocycles. The van der Waals surface area contributed by atoms with Crippen molar-refractivity contribution in [2.24, 2.45) is 0 Å². The summed E-state index contributed by atoms with van der Waals surface area (Å²) in [6.45, 7) is 8.67. The Kier molecular flexibility index (Phi) is 5.86. The average Bonchev–Trinajstić information content (AvgIpc) is 3.10. The number of anilines is 1. The molecule has 1 saturated heterocycles. The Morgan fingerprint density at radius 3 is 2.38 bits per heavy atom. The van der Waals surface area contributed by atoms with E-state index < -0.39 is 0 Å². The first-order valence-electron chi connectivity index (χ1n) is 11.6. The van der Waals surface area contributed by atoms with Crippen LogP contribution < -0.4 is 10.5 Å². The van der Waals surface area contributed by atoms with E-state index in [2.05, 4.69) is 4.90 Å². The Balaban J connectivity index is 1.30. The third-order valence-corrected chi connectivity index (χ3v) is 7.21. The molecule has 3 heterocycles. The van der Waals surface area contributed by atoms with E-state index in [1.54, 1.807) is 6.07 Å². The first-order valence-corrected chi connectivity index (χ1v) is 11.9. The lowest BCUT2D eigenvalue weighted by molar-refractivity contribution is -0.131. The van der Waals surface area contributed by atoms with E-state index in [-0.39, 0.29) is 18.0 Å². The van der Waals surface area contributed by atoms with Crippen LogP contribution in [0.3, 0.4) is 0 Å². The molecule has 0 N–H and O–H groups in total. The minimum absolute atomic E-state index is 0.0568. The lowest BCUT2D eigenvalue weighted by Gasteiger charge is -2.36. The van der Waals surface area contributed by atoms with Gasteiger partial charge < -0.3 is 18.6 Å². The Morgan fingerprint density at radius 2 is 1.65 bits per heavy atom. The predicted molar refractivity (Wildman–Crippen MR) is 135 cm³/mol. The number of benzene rings is 2. The molecule has 0 unspecified atom stereocenters. The van der Waals surface area contributed by atoms with Crippen LogP contribution in [0.4, 0.5) is 5.69 Å². The van der Waals surface area contributed by atoms with Crippen LogP contribution >= 0.6 is 11.6 Å². The van der Waals surface area contributed by atoms with Gasteiger partial charge in [-0.2, -0.15) is 0 Å². The van der Waals surface area contributed by atoms with Crippen LogP contribution in [-0.2, 0) is 11.2 Å². The Bertz CT molecular complexity index is 1460. The molecule has 1 aliphatic rings. The van der Waals surface area contributed by atoms with Gasteiger partial charge in [-0.15, -0.1) is 0 Å². The number of carbonyl (C=O) groups excluding carboxylic acids is 1. The maximum atomic E-state index is 12.9. The van der Waals surface area contributed by atoms with Crippen molar-refractivity contribution in [1.29, 1.82) is 0 Å². The Hall–Kier alpha value is -3.25. The van der Waals surface area contributed by atoms with E-state index in [0.29, 0.717) is 41.3 Å². The van der Waals surface area contributed by atoms with Crippen LogP contribution in [0.15, 0.2) is 50.0 Å². The molecule has 0 aliphatic carbocycles. The number of hydrogen-bond acceptors (Lipinski definition) is 5. The largest absolute Gasteiger partial charge is 0.461 e. The van der Waals surface area contributed by atoms with Crippen molar-refractivity contribution in [1.82, 2.24) is 4.90 Å². The first kappa shape index (κ1) is 22.5. The molecule has 1 fully saturated rings. The van der Waals surface area contributed by atoms with Gasteiger partial charge in [-0.1, -0.05) is 17.7 Å². The second kappa shape index (κ2) is 8.84. The van der Waals surface area contributed by atoms with E-state index in [4.69, 9.17) is 20.4 Å². The molecular weight excluding hydrogens is 452 g/mol. The van der Waals surface area contributed by atoms with Crippen LogP contribution in [0.1, 0.15) is 28.9 Å². The third-order valence-electron chi connectivity index (χ3n) is 6.98. The predicted octanol–water partition coefficient (Wildman–Crippen LogP) is 5.40. The van der Waals surface area contributed by atoms with Gasteiger partial charge in [0.25, 0.3) is 0 Å². The molecular formula is C27H27ClN2O4. The highest BCUT2D eigenvalue weighted by atomic mass is 35.5. The van der Waals surface area contributed by atoms with Gasteiger partial charge in [-0.05, 0) is 62.6 Å². The third kappa shape index (κ3) is 4.07. The average molecular weight is 479 g/mol. The van der Waals surface area contributed by atoms with Gasteiger partial charge in [-0.25, -0.2) is 4.79 Å². The molecule has 176 valence electrons. The molecule has 34 heavy (non-hydrogen) atoms. The molecule has 0 atom stereocenters. The zero-order valence-electron chi connectivity index (χ0n) is 19.6. The molecule has 1 amide bonds. The quantitative estimate of drug-likeness (QED) is 0.367. The standard InChI is InChI=1S/C27H27ClN2O4/c1-16-18(3)33-24-15-25-23(14-22(16)24)17(2)21(27(32)34-25)7-8-26(31)30-11-9-29(10-12-30)20-6-4-5-19(28)13-20/h4-6,13-15H,7-12H2,1-3H3. The second-order valence-corrected chi connectivity index (χ2v) is 9.40. The zero-order chi connectivity index (χ0) is 24.0. The number of carbonyl (C=O) groups is 1. The number of rotatable bonds is 4. The van der Waals surface area contributed by atoms with E-state index in [1.165, 1.54) is 0 Å². The van der Waals surface area contributed by atoms with Crippen LogP contribution in [-0.4, -0.2) is 37.0 Å². The number of halogens is 1. The number of furan rings is 1. The normalized spacial score (nSPS) is 14.4. The van der Waals surface area contributed by atoms with Crippen LogP contribution in [0.2, 0.25) is 5.02 Å². The number of aryl methyl sites for hydroxylation is 3. The summed E-state index contributed by atoms with van der Waals surface area (Å²) in [6, 6.07) is 11.6. The van der Waals surface area contributed by atoms with Gasteiger partial charge in [0.05, 0.1) is 0 Å². The summed E-state index contributed by atoms with van der Waals surface area (Å²) < 4.78 is 11.4. The topological polar surface area (TPSA) is 66.9 Å². The minimum atomic E-state index is -0.386. The molecule has 0 radical (unpaired) electrons. The molecule has 0 saturated carbocycles. The maximum absolute atomic E-state index is 12.9. The molecule has 5 rings (SSSR count). The highest BCUT2D eigenvalue weighted by molar-refractivity contribution is 6.30. The SMILES string of the molecule is Cc1oc2cc3oc(=O)c(CCC(=O)N4CCN(c5cccc(Cl)c5)CC4)c(C)c3cc2c1C. The molecule has 2 aromatic carbocycles. The van der Waals surface area contributed by atoms with E-state index in [1.807, 2.05) is 56.0 Å². The summed E-state index contributed by atoms with van der Waals surface area (Å²) in [6.07, 6.45) is 0.638. The highest BCUT2D eigenvalue weighted by Gasteiger charge is 2.22. The Morgan fingerprint density at radius 1 is 0.941 bits per heavy atom. The number of hydrogen-bond donors (Lipinski definition) is 0. The summed E-state index contributed by atoms with van der Waals surface area (Å²) in [4.78, 5) is 29.8. The summed E-state index contributed by atoms with van der Waals surface area (Å²) in [7, 11) is 0. The number of piperazine rings is 1. The first-order chi connectivity index (χ1) is 16.3. The maximum Gasteiger partial charge on any atom is 0.339 e. The molecule has 6 nitrogen and oxygen atoms in total. The van der Waals surface area contributed by atoms with Crippen molar-refractivity contribution in [3.8, 4) is 0 Å². The lowest BCUT2D eigenvalue weighted by atomic mass is 10.00. The van der Waals surface area contributed by atoms with Crippen molar-refractivity contribution >= 4 is 45.1 Å². The summed E-state index contributed by atoms with van der Waals surface area (Å²) in [5.74, 6) is 0.910. The number of fused-ring (bicyclic) bond motifs is 2. The fraction of sp³-hybridized carbons (Fsp3) is 0.333. The Labute approximate surface area is 202 Å². The molecule has 7 heteroatoms. The van der Waals surface area contributed by atoms with Gasteiger partial charge in [0.1, 0.15) is 16.9 Å². The molecule has 0 bridgehead atoms. The van der Waals surface area contributed by atoms with E-state index in [9.17, 15) is 9.59 Å². The number of amides is 1. The van der Waals surface area contributed by atoms with E-state index >= 15 is 0 Å². The van der Waals surface area contributed by atoms with Gasteiger partial charge in [-0.3, -0.25) is 4.79 Å². The smallest absolute Gasteiger partial charge is 0.339 e. The number of nitrogens with zero attached hydrogens (tertiary/aromatic N) is 2. The lowest BCUT2D eigenvalue weighted by Crippen LogP contribution is -2.48. The van der Waals surface area contributed by atoms with Gasteiger partial charge >= 0.3 is 5.63 Å². The van der Waals surface area contributed by atoms with Gasteiger partial charge in [0.2, 0.25) is 5.91 Å². The van der Waals surface area contributed by atoms with E-state index in [0.717, 1.165) is 46.4 Å². The van der Waals surface area contributed by atoms with Crippen molar-refractivity contribution < 1.29 is 13.6 Å². The van der Waals surface area contributed by atoms with Gasteiger partial charge in [0.15, 0.2) is 0 Å². The highest BCUT2D eigenvalue weighted by Crippen LogP contribution is 2.31. The van der Waals surface area contributed by atoms with Gasteiger partial charge in [0, 0.05) is 65.7 Å². The van der Waals surface area contributed by atoms with Crippen LogP contribution in [0.5, 0.6) is 0 Å². The monoisotopic (exact) mass is 478 g/mol. The summed E-state index contributed by atoms with van der Waals surface area (Å²) >= 11 is 6.11. The fourth-order valence-corrected chi connectivity index (χ4v) is 4.98. The second-order valence-electron chi connectivity index (χ2n) is 8.97. The van der Waals surface area contributed by atoms with Crippen molar-refractivity contribution in [3.63, 3.8) is 0 Å². The minimum Gasteiger partial charge on any atom is -0.461 e.